The molecule has 31 heavy (non-hydrogen) atoms. The van der Waals surface area contributed by atoms with Crippen LogP contribution in [0, 0.1) is 0 Å². The van der Waals surface area contributed by atoms with Crippen LogP contribution < -0.4 is 10.7 Å². The number of likely N-dealkylation sites (N-methyl/N-ethyl adjacent to an activating group) is 1. The van der Waals surface area contributed by atoms with Crippen LogP contribution in [0.25, 0.3) is 0 Å². The minimum atomic E-state index is -0.886. The number of amides is 3. The van der Waals surface area contributed by atoms with Crippen molar-refractivity contribution in [1.82, 2.24) is 20.7 Å². The van der Waals surface area contributed by atoms with Crippen LogP contribution >= 0.6 is 28.1 Å². The van der Waals surface area contributed by atoms with Gasteiger partial charge in [0, 0.05) is 23.1 Å². The maximum Gasteiger partial charge on any atom is 0.269 e. The number of benzene rings is 2. The second-order valence-corrected chi connectivity index (χ2v) is 8.27. The molecule has 2 aromatic rings. The van der Waals surface area contributed by atoms with E-state index in [1.165, 1.54) is 9.91 Å². The summed E-state index contributed by atoms with van der Waals surface area (Å²) in [5.74, 6) is -0.991. The molecule has 1 fully saturated rings. The minimum Gasteiger partial charge on any atom is -0.356 e. The lowest BCUT2D eigenvalue weighted by Gasteiger charge is -2.24. The van der Waals surface area contributed by atoms with Gasteiger partial charge in [0.1, 0.15) is 6.04 Å². The van der Waals surface area contributed by atoms with Gasteiger partial charge in [0.25, 0.3) is 11.8 Å². The highest BCUT2D eigenvalue weighted by atomic mass is 79.9. The SMILES string of the molecule is CCN1C(=O)[C@@H](CC(=O)NCCc2ccccc2)N(NC(=O)c2ccc(Br)cc2)C1=S. The number of halogens is 1. The van der Waals surface area contributed by atoms with E-state index in [2.05, 4.69) is 26.7 Å². The normalized spacial score (nSPS) is 15.9. The molecular formula is C22H23BrN4O3S. The summed E-state index contributed by atoms with van der Waals surface area (Å²) in [4.78, 5) is 39.4. The van der Waals surface area contributed by atoms with E-state index >= 15 is 0 Å². The highest BCUT2D eigenvalue weighted by molar-refractivity contribution is 9.10. The zero-order valence-electron chi connectivity index (χ0n) is 17.0. The molecule has 0 spiro atoms. The lowest BCUT2D eigenvalue weighted by molar-refractivity contribution is -0.132. The topological polar surface area (TPSA) is 81.8 Å². The molecule has 1 aliphatic rings. The number of hydrogen-bond acceptors (Lipinski definition) is 4. The molecule has 3 amide bonds. The molecule has 1 atom stereocenters. The van der Waals surface area contributed by atoms with Gasteiger partial charge in [-0.25, -0.2) is 5.01 Å². The number of hydrazine groups is 1. The van der Waals surface area contributed by atoms with Crippen molar-refractivity contribution in [3.63, 3.8) is 0 Å². The quantitative estimate of drug-likeness (QED) is 0.542. The number of thiocarbonyl (C=S) groups is 1. The van der Waals surface area contributed by atoms with Crippen LogP contribution in [-0.2, 0) is 16.0 Å². The highest BCUT2D eigenvalue weighted by Gasteiger charge is 2.43. The van der Waals surface area contributed by atoms with Gasteiger partial charge in [-0.3, -0.25) is 24.7 Å². The third kappa shape index (κ3) is 5.68. The fourth-order valence-corrected chi connectivity index (χ4v) is 3.91. The number of carbonyl (C=O) groups excluding carboxylic acids is 3. The standard InChI is InChI=1S/C22H23BrN4O3S/c1-2-26-21(30)18(14-19(28)24-13-12-15-6-4-3-5-7-15)27(22(26)31)25-20(29)16-8-10-17(23)11-9-16/h3-11,18H,2,12-14H2,1H3,(H,24,28)(H,25,29)/t18-/m1/s1. The first-order valence-electron chi connectivity index (χ1n) is 9.92. The summed E-state index contributed by atoms with van der Waals surface area (Å²) in [5.41, 5.74) is 4.22. The van der Waals surface area contributed by atoms with E-state index in [0.717, 1.165) is 10.0 Å². The number of hydrogen-bond donors (Lipinski definition) is 2. The number of nitrogens with one attached hydrogen (secondary N) is 2. The zero-order chi connectivity index (χ0) is 22.4. The smallest absolute Gasteiger partial charge is 0.269 e. The van der Waals surface area contributed by atoms with Crippen molar-refractivity contribution >= 4 is 51.0 Å². The Bertz CT molecular complexity index is 968. The molecule has 0 radical (unpaired) electrons. The summed E-state index contributed by atoms with van der Waals surface area (Å²) in [6.45, 7) is 2.60. The summed E-state index contributed by atoms with van der Waals surface area (Å²) >= 11 is 8.72. The predicted octanol–water partition coefficient (Wildman–Crippen LogP) is 2.66. The molecule has 3 rings (SSSR count). The van der Waals surface area contributed by atoms with Gasteiger partial charge >= 0.3 is 0 Å². The molecule has 162 valence electrons. The van der Waals surface area contributed by atoms with Crippen molar-refractivity contribution in [2.45, 2.75) is 25.8 Å². The summed E-state index contributed by atoms with van der Waals surface area (Å²) in [6.07, 6.45) is 0.583. The largest absolute Gasteiger partial charge is 0.356 e. The van der Waals surface area contributed by atoms with E-state index in [1.807, 2.05) is 30.3 Å². The van der Waals surface area contributed by atoms with E-state index in [1.54, 1.807) is 31.2 Å². The molecule has 1 heterocycles. The summed E-state index contributed by atoms with van der Waals surface area (Å²) in [5, 5.41) is 4.34. The van der Waals surface area contributed by atoms with Crippen LogP contribution in [0.4, 0.5) is 0 Å². The summed E-state index contributed by atoms with van der Waals surface area (Å²) in [7, 11) is 0. The number of rotatable bonds is 8. The van der Waals surface area contributed by atoms with E-state index in [4.69, 9.17) is 12.2 Å². The van der Waals surface area contributed by atoms with Crippen molar-refractivity contribution in [3.05, 3.63) is 70.2 Å². The molecule has 9 heteroatoms. The van der Waals surface area contributed by atoms with Gasteiger partial charge in [0.05, 0.1) is 6.42 Å². The lowest BCUT2D eigenvalue weighted by atomic mass is 10.1. The van der Waals surface area contributed by atoms with E-state index in [0.29, 0.717) is 25.1 Å². The molecule has 0 unspecified atom stereocenters. The number of carbonyl (C=O) groups is 3. The Morgan fingerprint density at radius 2 is 1.77 bits per heavy atom. The van der Waals surface area contributed by atoms with Crippen molar-refractivity contribution in [2.24, 2.45) is 0 Å². The van der Waals surface area contributed by atoms with Crippen molar-refractivity contribution in [3.8, 4) is 0 Å². The minimum absolute atomic E-state index is 0.106. The molecule has 7 nitrogen and oxygen atoms in total. The van der Waals surface area contributed by atoms with Crippen LogP contribution in [0.5, 0.6) is 0 Å². The van der Waals surface area contributed by atoms with Gasteiger partial charge in [0.2, 0.25) is 5.91 Å². The molecule has 0 aliphatic carbocycles. The second-order valence-electron chi connectivity index (χ2n) is 6.99. The lowest BCUT2D eigenvalue weighted by Crippen LogP contribution is -2.50. The van der Waals surface area contributed by atoms with Crippen molar-refractivity contribution in [1.29, 1.82) is 0 Å². The van der Waals surface area contributed by atoms with Crippen LogP contribution in [0.2, 0.25) is 0 Å². The van der Waals surface area contributed by atoms with Gasteiger partial charge in [-0.05, 0) is 55.4 Å². The summed E-state index contributed by atoms with van der Waals surface area (Å²) in [6, 6.07) is 15.7. The molecule has 1 saturated heterocycles. The Hall–Kier alpha value is -2.78. The van der Waals surface area contributed by atoms with Crippen LogP contribution in [-0.4, -0.2) is 51.9 Å². The van der Waals surface area contributed by atoms with E-state index < -0.39 is 11.9 Å². The maximum atomic E-state index is 12.8. The molecule has 1 aliphatic heterocycles. The Kier molecular flexibility index (Phi) is 7.75. The van der Waals surface area contributed by atoms with Crippen LogP contribution in [0.15, 0.2) is 59.1 Å². The third-order valence-corrected chi connectivity index (χ3v) is 5.85. The predicted molar refractivity (Wildman–Crippen MR) is 125 cm³/mol. The zero-order valence-corrected chi connectivity index (χ0v) is 19.4. The molecule has 2 aromatic carbocycles. The van der Waals surface area contributed by atoms with E-state index in [9.17, 15) is 14.4 Å². The van der Waals surface area contributed by atoms with Gasteiger partial charge < -0.3 is 5.32 Å². The monoisotopic (exact) mass is 502 g/mol. The maximum absolute atomic E-state index is 12.8. The molecule has 0 bridgehead atoms. The molecular weight excluding hydrogens is 480 g/mol. The second kappa shape index (κ2) is 10.5. The molecule has 0 saturated carbocycles. The van der Waals surface area contributed by atoms with Crippen LogP contribution in [0.1, 0.15) is 29.3 Å². The van der Waals surface area contributed by atoms with Gasteiger partial charge in [-0.2, -0.15) is 0 Å². The Balaban J connectivity index is 1.64. The Labute approximate surface area is 194 Å². The number of nitrogens with zero attached hydrogens (tertiary/aromatic N) is 2. The highest BCUT2D eigenvalue weighted by Crippen LogP contribution is 2.19. The molecule has 0 aromatic heterocycles. The van der Waals surface area contributed by atoms with Crippen LogP contribution in [0.3, 0.4) is 0 Å². The Morgan fingerprint density at radius 3 is 2.42 bits per heavy atom. The fourth-order valence-electron chi connectivity index (χ4n) is 3.26. The van der Waals surface area contributed by atoms with Crippen molar-refractivity contribution in [2.75, 3.05) is 13.1 Å². The Morgan fingerprint density at radius 1 is 1.10 bits per heavy atom. The third-order valence-electron chi connectivity index (χ3n) is 4.90. The van der Waals surface area contributed by atoms with E-state index in [-0.39, 0.29) is 23.3 Å². The molecule has 2 N–H and O–H groups in total. The first kappa shape index (κ1) is 22.9. The fraction of sp³-hybridized carbons (Fsp3) is 0.273. The van der Waals surface area contributed by atoms with Gasteiger partial charge in [-0.1, -0.05) is 46.3 Å². The average molecular weight is 503 g/mol. The first-order valence-corrected chi connectivity index (χ1v) is 11.1. The first-order chi connectivity index (χ1) is 14.9. The average Bonchev–Trinajstić information content (AvgIpc) is 2.98. The van der Waals surface area contributed by atoms with Crippen molar-refractivity contribution < 1.29 is 14.4 Å². The summed E-state index contributed by atoms with van der Waals surface area (Å²) < 4.78 is 0.845. The van der Waals surface area contributed by atoms with Gasteiger partial charge in [0.15, 0.2) is 5.11 Å². The van der Waals surface area contributed by atoms with Gasteiger partial charge in [-0.15, -0.1) is 0 Å².